The molecule has 1 atom stereocenters. The Labute approximate surface area is 166 Å². The number of anilines is 1. The van der Waals surface area contributed by atoms with Crippen LogP contribution in [-0.2, 0) is 9.53 Å². The van der Waals surface area contributed by atoms with Crippen molar-refractivity contribution in [1.29, 1.82) is 0 Å². The molecule has 0 aliphatic carbocycles. The Morgan fingerprint density at radius 1 is 1.31 bits per heavy atom. The number of halogens is 2. The van der Waals surface area contributed by atoms with Gasteiger partial charge >= 0.3 is 5.97 Å². The van der Waals surface area contributed by atoms with Crippen LogP contribution in [0.2, 0.25) is 5.02 Å². The number of ether oxygens (including phenoxy) is 1. The van der Waals surface area contributed by atoms with E-state index >= 15 is 0 Å². The van der Waals surface area contributed by atoms with E-state index in [1.54, 1.807) is 6.07 Å². The van der Waals surface area contributed by atoms with Gasteiger partial charge in [-0.05, 0) is 53.8 Å². The number of esters is 1. The highest BCUT2D eigenvalue weighted by Gasteiger charge is 2.22. The number of carbonyl (C=O) groups excluding carboxylic acids is 2. The second kappa shape index (κ2) is 8.32. The average Bonchev–Trinajstić information content (AvgIpc) is 2.58. The molecule has 0 bridgehead atoms. The quantitative estimate of drug-likeness (QED) is 0.285. The zero-order chi connectivity index (χ0) is 19.4. The molecule has 0 fully saturated rings. The van der Waals surface area contributed by atoms with Crippen molar-refractivity contribution in [2.24, 2.45) is 0 Å². The second-order valence-corrected chi connectivity index (χ2v) is 6.77. The molecule has 8 nitrogen and oxygen atoms in total. The lowest BCUT2D eigenvalue weighted by Gasteiger charge is -2.14. The van der Waals surface area contributed by atoms with E-state index in [4.69, 9.17) is 16.3 Å². The number of phenolic OH excluding ortho intramolecular Hbond substituents is 1. The van der Waals surface area contributed by atoms with Crippen LogP contribution in [0.5, 0.6) is 5.75 Å². The summed E-state index contributed by atoms with van der Waals surface area (Å²) in [7, 11) is 0. The number of nitro groups is 1. The molecule has 26 heavy (non-hydrogen) atoms. The molecule has 0 spiro atoms. The molecule has 0 aliphatic rings. The van der Waals surface area contributed by atoms with E-state index in [0.717, 1.165) is 6.07 Å². The minimum atomic E-state index is -1.19. The van der Waals surface area contributed by atoms with Crippen LogP contribution in [-0.4, -0.2) is 28.0 Å². The zero-order valence-electron chi connectivity index (χ0n) is 13.2. The van der Waals surface area contributed by atoms with Crippen molar-refractivity contribution < 1.29 is 24.4 Å². The molecule has 0 saturated heterocycles. The number of hydrogen-bond acceptors (Lipinski definition) is 6. The van der Waals surface area contributed by atoms with Crippen molar-refractivity contribution in [3.8, 4) is 5.75 Å². The fraction of sp³-hybridized carbons (Fsp3) is 0.125. The van der Waals surface area contributed by atoms with Gasteiger partial charge in [0.15, 0.2) is 6.10 Å². The number of aromatic hydroxyl groups is 1. The number of hydrogen-bond donors (Lipinski definition) is 2. The Kier molecular flexibility index (Phi) is 6.37. The number of benzene rings is 2. The maximum atomic E-state index is 12.2. The van der Waals surface area contributed by atoms with E-state index in [1.165, 1.54) is 31.2 Å². The van der Waals surface area contributed by atoms with Crippen molar-refractivity contribution in [3.05, 3.63) is 60.7 Å². The number of nitro benzene ring substituents is 1. The highest BCUT2D eigenvalue weighted by molar-refractivity contribution is 14.1. The predicted octanol–water partition coefficient (Wildman–Crippen LogP) is 3.74. The topological polar surface area (TPSA) is 119 Å². The van der Waals surface area contributed by atoms with Crippen molar-refractivity contribution in [3.63, 3.8) is 0 Å². The fourth-order valence-electron chi connectivity index (χ4n) is 1.90. The van der Waals surface area contributed by atoms with E-state index < -0.39 is 22.9 Å². The summed E-state index contributed by atoms with van der Waals surface area (Å²) >= 11 is 7.87. The van der Waals surface area contributed by atoms with Gasteiger partial charge in [-0.2, -0.15) is 0 Å². The summed E-state index contributed by atoms with van der Waals surface area (Å²) < 4.78 is 5.75. The molecule has 1 amide bonds. The molecule has 0 saturated carbocycles. The summed E-state index contributed by atoms with van der Waals surface area (Å²) in [6.45, 7) is 1.34. The molecule has 10 heteroatoms. The van der Waals surface area contributed by atoms with Gasteiger partial charge in [-0.1, -0.05) is 11.6 Å². The van der Waals surface area contributed by atoms with Gasteiger partial charge in [-0.15, -0.1) is 0 Å². The standard InChI is InChI=1S/C16H12ClIN2O6/c1-8(26-16(23)11-6-9(18)2-5-14(11)21)15(22)19-13-4-3-10(20(24)25)7-12(13)17/h2-8,21H,1H3,(H,19,22). The highest BCUT2D eigenvalue weighted by atomic mass is 127. The van der Waals surface area contributed by atoms with Crippen molar-refractivity contribution >= 4 is 57.4 Å². The third kappa shape index (κ3) is 4.82. The number of amides is 1. The Bertz CT molecular complexity index is 889. The third-order valence-electron chi connectivity index (χ3n) is 3.25. The molecule has 2 N–H and O–H groups in total. The first-order valence-corrected chi connectivity index (χ1v) is 8.59. The molecule has 0 heterocycles. The van der Waals surface area contributed by atoms with E-state index in [1.807, 2.05) is 22.6 Å². The van der Waals surface area contributed by atoms with Crippen molar-refractivity contribution in [2.45, 2.75) is 13.0 Å². The summed E-state index contributed by atoms with van der Waals surface area (Å²) in [6.07, 6.45) is -1.19. The summed E-state index contributed by atoms with van der Waals surface area (Å²) in [4.78, 5) is 34.3. The van der Waals surface area contributed by atoms with E-state index in [9.17, 15) is 24.8 Å². The maximum Gasteiger partial charge on any atom is 0.342 e. The number of nitrogens with zero attached hydrogens (tertiary/aromatic N) is 1. The molecule has 136 valence electrons. The molecule has 0 aromatic heterocycles. The molecule has 1 unspecified atom stereocenters. The first-order chi connectivity index (χ1) is 12.2. The molecule has 2 rings (SSSR count). The van der Waals surface area contributed by atoms with E-state index in [2.05, 4.69) is 5.32 Å². The summed E-state index contributed by atoms with van der Waals surface area (Å²) in [5.41, 5.74) is -0.145. The average molecular weight is 491 g/mol. The van der Waals surface area contributed by atoms with Crippen molar-refractivity contribution in [2.75, 3.05) is 5.32 Å². The Morgan fingerprint density at radius 3 is 2.62 bits per heavy atom. The summed E-state index contributed by atoms with van der Waals surface area (Å²) in [5, 5.41) is 22.8. The van der Waals surface area contributed by atoms with Crippen molar-refractivity contribution in [1.82, 2.24) is 0 Å². The van der Waals surface area contributed by atoms with E-state index in [-0.39, 0.29) is 27.7 Å². The SMILES string of the molecule is CC(OC(=O)c1cc(I)ccc1O)C(=O)Nc1ccc([N+](=O)[O-])cc1Cl. The van der Waals surface area contributed by atoms with Gasteiger partial charge in [-0.3, -0.25) is 14.9 Å². The van der Waals surface area contributed by atoms with Gasteiger partial charge in [0.25, 0.3) is 11.6 Å². The molecular weight excluding hydrogens is 479 g/mol. The minimum Gasteiger partial charge on any atom is -0.507 e. The molecular formula is C16H12ClIN2O6. The lowest BCUT2D eigenvalue weighted by atomic mass is 10.2. The van der Waals surface area contributed by atoms with Gasteiger partial charge in [0.05, 0.1) is 15.6 Å². The monoisotopic (exact) mass is 490 g/mol. The van der Waals surface area contributed by atoms with Crippen LogP contribution in [0.1, 0.15) is 17.3 Å². The van der Waals surface area contributed by atoms with Crippen LogP contribution in [0.25, 0.3) is 0 Å². The predicted molar refractivity (Wildman–Crippen MR) is 102 cm³/mol. The molecule has 0 aliphatic heterocycles. The van der Waals surface area contributed by atoms with Crippen LogP contribution in [0.3, 0.4) is 0 Å². The zero-order valence-corrected chi connectivity index (χ0v) is 16.1. The van der Waals surface area contributed by atoms with Gasteiger partial charge in [-0.25, -0.2) is 4.79 Å². The lowest BCUT2D eigenvalue weighted by Crippen LogP contribution is -2.30. The van der Waals surface area contributed by atoms with Crippen LogP contribution < -0.4 is 5.32 Å². The Hall–Kier alpha value is -2.40. The van der Waals surface area contributed by atoms with Crippen LogP contribution >= 0.6 is 34.2 Å². The number of rotatable bonds is 5. The van der Waals surface area contributed by atoms with Gasteiger partial charge in [0.1, 0.15) is 11.3 Å². The first kappa shape index (κ1) is 19.9. The lowest BCUT2D eigenvalue weighted by molar-refractivity contribution is -0.384. The summed E-state index contributed by atoms with van der Waals surface area (Å²) in [5.74, 6) is -1.81. The van der Waals surface area contributed by atoms with Gasteiger partial charge < -0.3 is 15.2 Å². The molecule has 2 aromatic carbocycles. The maximum absolute atomic E-state index is 12.2. The number of phenols is 1. The minimum absolute atomic E-state index is 0.0265. The van der Waals surface area contributed by atoms with Crippen LogP contribution in [0, 0.1) is 13.7 Å². The number of carbonyl (C=O) groups is 2. The molecule has 2 aromatic rings. The largest absolute Gasteiger partial charge is 0.507 e. The van der Waals surface area contributed by atoms with Gasteiger partial charge in [0, 0.05) is 15.7 Å². The smallest absolute Gasteiger partial charge is 0.342 e. The van der Waals surface area contributed by atoms with Gasteiger partial charge in [0.2, 0.25) is 0 Å². The van der Waals surface area contributed by atoms with E-state index in [0.29, 0.717) is 3.57 Å². The summed E-state index contributed by atoms with van der Waals surface area (Å²) in [6, 6.07) is 7.94. The molecule has 0 radical (unpaired) electrons. The third-order valence-corrected chi connectivity index (χ3v) is 4.24. The Balaban J connectivity index is 2.07. The number of non-ortho nitro benzene ring substituents is 1. The normalized spacial score (nSPS) is 11.5. The highest BCUT2D eigenvalue weighted by Crippen LogP contribution is 2.27. The fourth-order valence-corrected chi connectivity index (χ4v) is 2.62. The first-order valence-electron chi connectivity index (χ1n) is 7.13. The number of nitrogens with one attached hydrogen (secondary N) is 1. The second-order valence-electron chi connectivity index (χ2n) is 5.12. The Morgan fingerprint density at radius 2 is 2.00 bits per heavy atom. The van der Waals surface area contributed by atoms with Crippen LogP contribution in [0.15, 0.2) is 36.4 Å². The van der Waals surface area contributed by atoms with Crippen LogP contribution in [0.4, 0.5) is 11.4 Å².